The quantitative estimate of drug-likeness (QED) is 0.203. The maximum absolute atomic E-state index is 13.2. The predicted molar refractivity (Wildman–Crippen MR) is 118 cm³/mol. The molecule has 0 saturated heterocycles. The molecule has 10 nitrogen and oxygen atoms in total. The number of aliphatic hydroxyl groups is 1. The Bertz CT molecular complexity index is 829. The van der Waals surface area contributed by atoms with E-state index in [4.69, 9.17) is 10.5 Å². The number of aliphatic hydroxyl groups excluding tert-OH is 1. The normalized spacial score (nSPS) is 14.1. The van der Waals surface area contributed by atoms with E-state index in [0.717, 1.165) is 18.7 Å². The van der Waals surface area contributed by atoms with Crippen LogP contribution in [-0.4, -0.2) is 59.2 Å². The SMILES string of the molecule is C/C(F)=C\N(COC(=O)C(CC(C)C)NC(=O)C(O)C(N)Cc1ccccc1)C(=O)NC=O. The molecule has 0 aliphatic rings. The molecule has 33 heavy (non-hydrogen) atoms. The van der Waals surface area contributed by atoms with E-state index >= 15 is 0 Å². The monoisotopic (exact) mass is 466 g/mol. The van der Waals surface area contributed by atoms with Gasteiger partial charge < -0.3 is 20.9 Å². The van der Waals surface area contributed by atoms with Crippen LogP contribution in [0, 0.1) is 5.92 Å². The first kappa shape index (κ1) is 27.7. The first-order valence-corrected chi connectivity index (χ1v) is 10.3. The third kappa shape index (κ3) is 10.2. The molecule has 3 atom stereocenters. The Morgan fingerprint density at radius 1 is 1.24 bits per heavy atom. The Morgan fingerprint density at radius 2 is 1.88 bits per heavy atom. The molecule has 5 N–H and O–H groups in total. The van der Waals surface area contributed by atoms with E-state index in [-0.39, 0.29) is 25.2 Å². The second kappa shape index (κ2) is 14.0. The van der Waals surface area contributed by atoms with Crippen LogP contribution in [0.5, 0.6) is 0 Å². The Morgan fingerprint density at radius 3 is 2.42 bits per heavy atom. The lowest BCUT2D eigenvalue weighted by Crippen LogP contribution is -2.52. The minimum absolute atomic E-state index is 0.0413. The second-order valence-corrected chi connectivity index (χ2v) is 7.83. The first-order valence-electron chi connectivity index (χ1n) is 10.3. The van der Waals surface area contributed by atoms with Crippen LogP contribution in [-0.2, 0) is 25.5 Å². The summed E-state index contributed by atoms with van der Waals surface area (Å²) in [5.41, 5.74) is 6.79. The average molecular weight is 467 g/mol. The van der Waals surface area contributed by atoms with Gasteiger partial charge >= 0.3 is 12.0 Å². The molecule has 0 saturated carbocycles. The number of halogens is 1. The zero-order chi connectivity index (χ0) is 25.0. The number of ether oxygens (including phenoxy) is 1. The highest BCUT2D eigenvalue weighted by Gasteiger charge is 2.30. The molecule has 0 fully saturated rings. The fraction of sp³-hybridized carbons (Fsp3) is 0.455. The van der Waals surface area contributed by atoms with E-state index < -0.39 is 48.7 Å². The Hall–Kier alpha value is -3.31. The number of imide groups is 1. The first-order chi connectivity index (χ1) is 15.5. The van der Waals surface area contributed by atoms with Crippen molar-refractivity contribution >= 4 is 24.3 Å². The van der Waals surface area contributed by atoms with Crippen molar-refractivity contribution in [1.29, 1.82) is 0 Å². The number of esters is 1. The lowest BCUT2D eigenvalue weighted by Gasteiger charge is -2.24. The van der Waals surface area contributed by atoms with E-state index in [1.54, 1.807) is 17.4 Å². The van der Waals surface area contributed by atoms with Crippen molar-refractivity contribution in [1.82, 2.24) is 15.5 Å². The van der Waals surface area contributed by atoms with Gasteiger partial charge in [0.1, 0.15) is 18.0 Å². The number of allylic oxidation sites excluding steroid dienone is 1. The van der Waals surface area contributed by atoms with Crippen molar-refractivity contribution in [3.63, 3.8) is 0 Å². The summed E-state index contributed by atoms with van der Waals surface area (Å²) in [6.07, 6.45) is -0.331. The van der Waals surface area contributed by atoms with Gasteiger partial charge in [0.2, 0.25) is 6.41 Å². The van der Waals surface area contributed by atoms with E-state index in [1.165, 1.54) is 0 Å². The molecule has 4 amide bonds. The molecule has 182 valence electrons. The number of nitrogens with two attached hydrogens (primary N) is 1. The zero-order valence-corrected chi connectivity index (χ0v) is 18.9. The standard InChI is InChI=1S/C22H31FN4O6/c1-14(2)9-18(21(31)33-13-27(11-15(3)23)22(32)25-12-28)26-20(30)19(29)17(24)10-16-7-5-4-6-8-16/h4-8,11-12,14,17-19,29H,9-10,13,24H2,1-3H3,(H,26,30)(H,25,28,32)/b15-11+. The Labute approximate surface area is 191 Å². The average Bonchev–Trinajstić information content (AvgIpc) is 2.75. The topological polar surface area (TPSA) is 151 Å². The fourth-order valence-electron chi connectivity index (χ4n) is 2.87. The summed E-state index contributed by atoms with van der Waals surface area (Å²) in [6, 6.07) is 5.98. The summed E-state index contributed by atoms with van der Waals surface area (Å²) in [5.74, 6) is -2.57. The highest BCUT2D eigenvalue weighted by atomic mass is 19.1. The molecule has 11 heteroatoms. The molecular formula is C22H31FN4O6. The van der Waals surface area contributed by atoms with Crippen LogP contribution in [0.15, 0.2) is 42.4 Å². The van der Waals surface area contributed by atoms with Gasteiger partial charge in [0.25, 0.3) is 5.91 Å². The number of nitrogens with zero attached hydrogens (tertiary/aromatic N) is 1. The van der Waals surface area contributed by atoms with Crippen molar-refractivity contribution in [2.75, 3.05) is 6.73 Å². The zero-order valence-electron chi connectivity index (χ0n) is 18.9. The van der Waals surface area contributed by atoms with Crippen LogP contribution >= 0.6 is 0 Å². The number of nitrogens with one attached hydrogen (secondary N) is 2. The summed E-state index contributed by atoms with van der Waals surface area (Å²) in [5, 5.41) is 14.6. The summed E-state index contributed by atoms with van der Waals surface area (Å²) in [6.45, 7) is 3.97. The Balaban J connectivity index is 2.81. The molecular weight excluding hydrogens is 435 g/mol. The summed E-state index contributed by atoms with van der Waals surface area (Å²) < 4.78 is 18.3. The number of carbonyl (C=O) groups is 4. The maximum Gasteiger partial charge on any atom is 0.330 e. The molecule has 1 aromatic rings. The molecule has 0 bridgehead atoms. The van der Waals surface area contributed by atoms with Crippen LogP contribution in [0.3, 0.4) is 0 Å². The van der Waals surface area contributed by atoms with E-state index in [2.05, 4.69) is 5.32 Å². The molecule has 3 unspecified atom stereocenters. The number of benzene rings is 1. The van der Waals surface area contributed by atoms with Crippen molar-refractivity contribution in [2.45, 2.75) is 51.8 Å². The summed E-state index contributed by atoms with van der Waals surface area (Å²) >= 11 is 0. The molecule has 1 rings (SSSR count). The van der Waals surface area contributed by atoms with E-state index in [1.807, 2.05) is 32.0 Å². The highest BCUT2D eigenvalue weighted by Crippen LogP contribution is 2.10. The number of hydrogen-bond donors (Lipinski definition) is 4. The lowest BCUT2D eigenvalue weighted by molar-refractivity contribution is -0.152. The van der Waals surface area contributed by atoms with Crippen molar-refractivity contribution in [3.8, 4) is 0 Å². The van der Waals surface area contributed by atoms with Gasteiger partial charge in [-0.1, -0.05) is 44.2 Å². The van der Waals surface area contributed by atoms with Gasteiger partial charge in [-0.15, -0.1) is 0 Å². The lowest BCUT2D eigenvalue weighted by atomic mass is 10.00. The van der Waals surface area contributed by atoms with Gasteiger partial charge in [-0.3, -0.25) is 19.8 Å². The van der Waals surface area contributed by atoms with Crippen LogP contribution in [0.2, 0.25) is 0 Å². The summed E-state index contributed by atoms with van der Waals surface area (Å²) in [4.78, 5) is 48.0. The van der Waals surface area contributed by atoms with Gasteiger partial charge in [0.15, 0.2) is 6.73 Å². The van der Waals surface area contributed by atoms with Crippen LogP contribution in [0.1, 0.15) is 32.8 Å². The molecule has 0 aromatic heterocycles. The Kier molecular flexibility index (Phi) is 11.7. The van der Waals surface area contributed by atoms with Crippen molar-refractivity contribution in [3.05, 3.63) is 47.9 Å². The molecule has 0 aliphatic carbocycles. The smallest absolute Gasteiger partial charge is 0.330 e. The van der Waals surface area contributed by atoms with Gasteiger partial charge in [0.05, 0.1) is 0 Å². The molecule has 0 radical (unpaired) electrons. The van der Waals surface area contributed by atoms with Crippen molar-refractivity contribution < 1.29 is 33.4 Å². The van der Waals surface area contributed by atoms with Crippen molar-refractivity contribution in [2.24, 2.45) is 11.7 Å². The van der Waals surface area contributed by atoms with Gasteiger partial charge in [-0.25, -0.2) is 14.0 Å². The maximum atomic E-state index is 13.2. The molecule has 0 aliphatic heterocycles. The number of urea groups is 1. The third-order valence-corrected chi connectivity index (χ3v) is 4.42. The van der Waals surface area contributed by atoms with Gasteiger partial charge in [-0.2, -0.15) is 0 Å². The molecule has 0 heterocycles. The predicted octanol–water partition coefficient (Wildman–Crippen LogP) is 0.948. The minimum Gasteiger partial charge on any atom is -0.442 e. The second-order valence-electron chi connectivity index (χ2n) is 7.83. The number of amides is 4. The largest absolute Gasteiger partial charge is 0.442 e. The van der Waals surface area contributed by atoms with E-state index in [9.17, 15) is 28.7 Å². The third-order valence-electron chi connectivity index (χ3n) is 4.42. The van der Waals surface area contributed by atoms with Crippen LogP contribution < -0.4 is 16.4 Å². The van der Waals surface area contributed by atoms with E-state index in [0.29, 0.717) is 4.90 Å². The molecule has 1 aromatic carbocycles. The highest BCUT2D eigenvalue weighted by molar-refractivity contribution is 5.88. The summed E-state index contributed by atoms with van der Waals surface area (Å²) in [7, 11) is 0. The van der Waals surface area contributed by atoms with Gasteiger partial charge in [0, 0.05) is 12.2 Å². The van der Waals surface area contributed by atoms with Crippen LogP contribution in [0.25, 0.3) is 0 Å². The van der Waals surface area contributed by atoms with Gasteiger partial charge in [-0.05, 0) is 31.2 Å². The van der Waals surface area contributed by atoms with Crippen LogP contribution in [0.4, 0.5) is 9.18 Å². The number of carbonyl (C=O) groups excluding carboxylic acids is 4. The number of rotatable bonds is 12. The molecule has 0 spiro atoms. The minimum atomic E-state index is -1.58. The fourth-order valence-corrected chi connectivity index (χ4v) is 2.87. The number of hydrogen-bond acceptors (Lipinski definition) is 7.